The Hall–Kier alpha value is -1.30. The van der Waals surface area contributed by atoms with E-state index in [1.54, 1.807) is 12.0 Å². The molecule has 2 N–H and O–H groups in total. The molecule has 1 fully saturated rings. The maximum Gasteiger partial charge on any atom is 0.317 e. The number of hydrogen-bond donors (Lipinski definition) is 2. The molecule has 0 aromatic heterocycles. The number of nitrogens with one attached hydrogen (secondary N) is 1. The van der Waals surface area contributed by atoms with Crippen molar-refractivity contribution in [2.24, 2.45) is 5.92 Å². The lowest BCUT2D eigenvalue weighted by molar-refractivity contribution is -0.138. The van der Waals surface area contributed by atoms with Crippen molar-refractivity contribution >= 4 is 12.0 Å². The standard InChI is InChI=1S/C13H24N2O4/c1-10(5-7-19-2)14-13(18)15-6-3-4-11(9-15)8-12(16)17/h10-11H,3-9H2,1-2H3,(H,14,18)(H,16,17). The minimum Gasteiger partial charge on any atom is -0.481 e. The highest BCUT2D eigenvalue weighted by molar-refractivity contribution is 5.74. The number of rotatable bonds is 6. The summed E-state index contributed by atoms with van der Waals surface area (Å²) < 4.78 is 4.97. The highest BCUT2D eigenvalue weighted by atomic mass is 16.5. The molecule has 0 aliphatic carbocycles. The van der Waals surface area contributed by atoms with Crippen molar-refractivity contribution in [3.63, 3.8) is 0 Å². The third-order valence-corrected chi connectivity index (χ3v) is 3.39. The number of aliphatic carboxylic acids is 1. The van der Waals surface area contributed by atoms with Crippen LogP contribution < -0.4 is 5.32 Å². The zero-order valence-corrected chi connectivity index (χ0v) is 11.7. The number of nitrogens with zero attached hydrogens (tertiary/aromatic N) is 1. The Balaban J connectivity index is 2.37. The topological polar surface area (TPSA) is 78.9 Å². The van der Waals surface area contributed by atoms with Crippen LogP contribution in [0.25, 0.3) is 0 Å². The van der Waals surface area contributed by atoms with Crippen molar-refractivity contribution in [2.75, 3.05) is 26.8 Å². The number of piperidine rings is 1. The van der Waals surface area contributed by atoms with E-state index in [4.69, 9.17) is 9.84 Å². The van der Waals surface area contributed by atoms with Gasteiger partial charge in [-0.25, -0.2) is 4.79 Å². The molecular weight excluding hydrogens is 248 g/mol. The van der Waals surface area contributed by atoms with Gasteiger partial charge in [-0.05, 0) is 32.1 Å². The Kier molecular flexibility index (Phi) is 6.62. The lowest BCUT2D eigenvalue weighted by atomic mass is 9.95. The van der Waals surface area contributed by atoms with Crippen LogP contribution in [-0.2, 0) is 9.53 Å². The number of likely N-dealkylation sites (tertiary alicyclic amines) is 1. The van der Waals surface area contributed by atoms with Crippen LogP contribution in [0.3, 0.4) is 0 Å². The number of carboxylic acids is 1. The van der Waals surface area contributed by atoms with Gasteiger partial charge in [0.15, 0.2) is 0 Å². The molecule has 0 saturated carbocycles. The quantitative estimate of drug-likeness (QED) is 0.764. The van der Waals surface area contributed by atoms with E-state index in [1.165, 1.54) is 0 Å². The first-order chi connectivity index (χ1) is 9.02. The average Bonchev–Trinajstić information content (AvgIpc) is 2.35. The van der Waals surface area contributed by atoms with Gasteiger partial charge in [0.1, 0.15) is 0 Å². The number of carboxylic acid groups (broad SMARTS) is 1. The summed E-state index contributed by atoms with van der Waals surface area (Å²) in [6.07, 6.45) is 2.67. The monoisotopic (exact) mass is 272 g/mol. The van der Waals surface area contributed by atoms with Crippen molar-refractivity contribution < 1.29 is 19.4 Å². The minimum absolute atomic E-state index is 0.0623. The largest absolute Gasteiger partial charge is 0.481 e. The molecule has 2 atom stereocenters. The van der Waals surface area contributed by atoms with Gasteiger partial charge >= 0.3 is 12.0 Å². The fourth-order valence-electron chi connectivity index (χ4n) is 2.33. The normalized spacial score (nSPS) is 20.9. The van der Waals surface area contributed by atoms with Crippen LogP contribution in [0.2, 0.25) is 0 Å². The van der Waals surface area contributed by atoms with Gasteiger partial charge in [0.2, 0.25) is 0 Å². The number of ether oxygens (including phenoxy) is 1. The zero-order chi connectivity index (χ0) is 14.3. The number of amides is 2. The zero-order valence-electron chi connectivity index (χ0n) is 11.7. The van der Waals surface area contributed by atoms with Crippen molar-refractivity contribution in [3.8, 4) is 0 Å². The Morgan fingerprint density at radius 1 is 1.53 bits per heavy atom. The molecule has 0 bridgehead atoms. The summed E-state index contributed by atoms with van der Waals surface area (Å²) in [5.74, 6) is -0.716. The predicted octanol–water partition coefficient (Wildman–Crippen LogP) is 1.31. The lowest BCUT2D eigenvalue weighted by Gasteiger charge is -2.33. The van der Waals surface area contributed by atoms with Crippen LogP contribution in [0, 0.1) is 5.92 Å². The van der Waals surface area contributed by atoms with E-state index in [0.29, 0.717) is 19.7 Å². The van der Waals surface area contributed by atoms with Gasteiger partial charge < -0.3 is 20.1 Å². The van der Waals surface area contributed by atoms with E-state index in [0.717, 1.165) is 19.3 Å². The van der Waals surface area contributed by atoms with Crippen molar-refractivity contribution in [1.29, 1.82) is 0 Å². The minimum atomic E-state index is -0.791. The van der Waals surface area contributed by atoms with Crippen LogP contribution in [0.1, 0.15) is 32.6 Å². The van der Waals surface area contributed by atoms with Crippen LogP contribution in [-0.4, -0.2) is 54.9 Å². The Morgan fingerprint density at radius 3 is 2.89 bits per heavy atom. The van der Waals surface area contributed by atoms with Gasteiger partial charge in [0, 0.05) is 39.3 Å². The maximum absolute atomic E-state index is 12.0. The summed E-state index contributed by atoms with van der Waals surface area (Å²) in [4.78, 5) is 24.5. The molecular formula is C13H24N2O4. The van der Waals surface area contributed by atoms with Crippen molar-refractivity contribution in [3.05, 3.63) is 0 Å². The Labute approximate surface area is 114 Å². The van der Waals surface area contributed by atoms with E-state index in [-0.39, 0.29) is 24.4 Å². The molecule has 1 aliphatic heterocycles. The van der Waals surface area contributed by atoms with Gasteiger partial charge in [-0.15, -0.1) is 0 Å². The smallest absolute Gasteiger partial charge is 0.317 e. The van der Waals surface area contributed by atoms with E-state index in [2.05, 4.69) is 5.32 Å². The molecule has 6 heteroatoms. The van der Waals surface area contributed by atoms with Crippen molar-refractivity contribution in [1.82, 2.24) is 10.2 Å². The summed E-state index contributed by atoms with van der Waals surface area (Å²) in [5, 5.41) is 11.7. The molecule has 6 nitrogen and oxygen atoms in total. The molecule has 110 valence electrons. The molecule has 0 aromatic rings. The highest BCUT2D eigenvalue weighted by Gasteiger charge is 2.25. The second-order valence-electron chi connectivity index (χ2n) is 5.18. The number of urea groups is 1. The van der Waals surface area contributed by atoms with E-state index in [1.807, 2.05) is 6.92 Å². The van der Waals surface area contributed by atoms with Crippen LogP contribution in [0.5, 0.6) is 0 Å². The number of carbonyl (C=O) groups excluding carboxylic acids is 1. The molecule has 1 saturated heterocycles. The number of hydrogen-bond acceptors (Lipinski definition) is 3. The van der Waals surface area contributed by atoms with Gasteiger partial charge in [-0.2, -0.15) is 0 Å². The first-order valence-electron chi connectivity index (χ1n) is 6.79. The van der Waals surface area contributed by atoms with Crippen LogP contribution in [0.15, 0.2) is 0 Å². The first kappa shape index (κ1) is 15.8. The lowest BCUT2D eigenvalue weighted by Crippen LogP contribution is -2.48. The van der Waals surface area contributed by atoms with Crippen molar-refractivity contribution in [2.45, 2.75) is 38.6 Å². The molecule has 1 heterocycles. The van der Waals surface area contributed by atoms with Crippen LogP contribution >= 0.6 is 0 Å². The van der Waals surface area contributed by atoms with Crippen LogP contribution in [0.4, 0.5) is 4.79 Å². The van der Waals surface area contributed by atoms with Gasteiger partial charge in [0.05, 0.1) is 0 Å². The second kappa shape index (κ2) is 7.99. The van der Waals surface area contributed by atoms with Gasteiger partial charge in [-0.1, -0.05) is 0 Å². The first-order valence-corrected chi connectivity index (χ1v) is 6.79. The Morgan fingerprint density at radius 2 is 2.26 bits per heavy atom. The molecule has 1 aliphatic rings. The molecule has 2 amide bonds. The molecule has 19 heavy (non-hydrogen) atoms. The van der Waals surface area contributed by atoms with E-state index >= 15 is 0 Å². The number of methoxy groups -OCH3 is 1. The highest BCUT2D eigenvalue weighted by Crippen LogP contribution is 2.19. The average molecular weight is 272 g/mol. The molecule has 0 aromatic carbocycles. The molecule has 0 radical (unpaired) electrons. The van der Waals surface area contributed by atoms with E-state index < -0.39 is 5.97 Å². The summed E-state index contributed by atoms with van der Waals surface area (Å²) in [5.41, 5.74) is 0. The summed E-state index contributed by atoms with van der Waals surface area (Å²) in [7, 11) is 1.63. The SMILES string of the molecule is COCCC(C)NC(=O)N1CCCC(CC(=O)O)C1. The fourth-order valence-corrected chi connectivity index (χ4v) is 2.33. The molecule has 2 unspecified atom stereocenters. The summed E-state index contributed by atoms with van der Waals surface area (Å²) in [6.45, 7) is 3.80. The van der Waals surface area contributed by atoms with E-state index in [9.17, 15) is 9.59 Å². The fraction of sp³-hybridized carbons (Fsp3) is 0.846. The summed E-state index contributed by atoms with van der Waals surface area (Å²) >= 11 is 0. The molecule has 1 rings (SSSR count). The second-order valence-corrected chi connectivity index (χ2v) is 5.18. The van der Waals surface area contributed by atoms with Gasteiger partial charge in [-0.3, -0.25) is 4.79 Å². The third kappa shape index (κ3) is 5.92. The van der Waals surface area contributed by atoms with Gasteiger partial charge in [0.25, 0.3) is 0 Å². The molecule has 0 spiro atoms. The Bertz CT molecular complexity index is 309. The predicted molar refractivity (Wildman–Crippen MR) is 71.0 cm³/mol. The third-order valence-electron chi connectivity index (χ3n) is 3.39. The number of carbonyl (C=O) groups is 2. The summed E-state index contributed by atoms with van der Waals surface area (Å²) in [6, 6.07) is -0.0361. The maximum atomic E-state index is 12.0.